The Hall–Kier alpha value is -2.57. The molecular weight excluding hydrogens is 401 g/mol. The van der Waals surface area contributed by atoms with E-state index in [1.165, 1.54) is 0 Å². The van der Waals surface area contributed by atoms with Gasteiger partial charge in [-0.25, -0.2) is 0 Å². The molecule has 0 bridgehead atoms. The average molecular weight is 418 g/mol. The molecule has 0 spiro atoms. The van der Waals surface area contributed by atoms with Gasteiger partial charge in [-0.05, 0) is 43.2 Å². The Bertz CT molecular complexity index is 1050. The highest BCUT2D eigenvalue weighted by molar-refractivity contribution is 6.36. The molecule has 1 saturated heterocycles. The number of nitrogens with one attached hydrogen (secondary N) is 1. The predicted molar refractivity (Wildman–Crippen MR) is 108 cm³/mol. The Morgan fingerprint density at radius 2 is 2.04 bits per heavy atom. The number of hydrogen-bond acceptors (Lipinski definition) is 4. The number of anilines is 1. The number of rotatable bonds is 4. The second-order valence-electron chi connectivity index (χ2n) is 6.66. The topological polar surface area (TPSA) is 75.4 Å². The number of halogens is 2. The maximum Gasteiger partial charge on any atom is 0.247 e. The van der Waals surface area contributed by atoms with Gasteiger partial charge in [0.1, 0.15) is 11.7 Å². The molecule has 144 valence electrons. The highest BCUT2D eigenvalue weighted by Crippen LogP contribution is 2.27. The highest BCUT2D eigenvalue weighted by atomic mass is 35.5. The monoisotopic (exact) mass is 417 g/mol. The fraction of sp³-hybridized carbons (Fsp3) is 0.250. The number of nitrogens with zero attached hydrogens (tertiary/aromatic N) is 2. The van der Waals surface area contributed by atoms with Crippen LogP contribution in [0.1, 0.15) is 18.5 Å². The Kier molecular flexibility index (Phi) is 5.24. The van der Waals surface area contributed by atoms with Crippen molar-refractivity contribution in [2.75, 3.05) is 11.9 Å². The van der Waals surface area contributed by atoms with E-state index in [2.05, 4.69) is 10.5 Å². The first kappa shape index (κ1) is 18.8. The third kappa shape index (κ3) is 3.70. The van der Waals surface area contributed by atoms with Crippen LogP contribution in [0.3, 0.4) is 0 Å². The Morgan fingerprint density at radius 1 is 1.21 bits per heavy atom. The molecule has 0 saturated carbocycles. The standard InChI is InChI=1S/C20H17Cl2N3O3/c21-12-7-8-15(14(22)10-12)23-20(27)17-5-3-9-25(17)19(26)11-16-13-4-1-2-6-18(13)28-24-16/h1-2,4,6-8,10,17H,3,5,9,11H2,(H,23,27). The van der Waals surface area contributed by atoms with Crippen molar-refractivity contribution in [3.05, 3.63) is 58.2 Å². The molecule has 3 aromatic rings. The summed E-state index contributed by atoms with van der Waals surface area (Å²) < 4.78 is 5.26. The van der Waals surface area contributed by atoms with Gasteiger partial charge >= 0.3 is 0 Å². The van der Waals surface area contributed by atoms with Crippen molar-refractivity contribution in [2.45, 2.75) is 25.3 Å². The number of para-hydroxylation sites is 1. The number of likely N-dealkylation sites (tertiary alicyclic amines) is 1. The van der Waals surface area contributed by atoms with Crippen LogP contribution < -0.4 is 5.32 Å². The summed E-state index contributed by atoms with van der Waals surface area (Å²) in [5.74, 6) is -0.418. The molecule has 2 heterocycles. The van der Waals surface area contributed by atoms with Crippen LogP contribution in [0.2, 0.25) is 10.0 Å². The normalized spacial score (nSPS) is 16.5. The first-order chi connectivity index (χ1) is 13.5. The zero-order valence-corrected chi connectivity index (χ0v) is 16.3. The lowest BCUT2D eigenvalue weighted by atomic mass is 10.1. The van der Waals surface area contributed by atoms with Gasteiger partial charge in [-0.3, -0.25) is 9.59 Å². The van der Waals surface area contributed by atoms with E-state index in [9.17, 15) is 9.59 Å². The first-order valence-corrected chi connectivity index (χ1v) is 9.67. The minimum Gasteiger partial charge on any atom is -0.356 e. The Labute approximate surface area is 171 Å². The van der Waals surface area contributed by atoms with Crippen molar-refractivity contribution in [1.29, 1.82) is 0 Å². The zero-order valence-electron chi connectivity index (χ0n) is 14.8. The van der Waals surface area contributed by atoms with Crippen molar-refractivity contribution in [1.82, 2.24) is 10.1 Å². The van der Waals surface area contributed by atoms with Gasteiger partial charge < -0.3 is 14.7 Å². The summed E-state index contributed by atoms with van der Waals surface area (Å²) in [6, 6.07) is 11.7. The second-order valence-corrected chi connectivity index (χ2v) is 7.50. The van der Waals surface area contributed by atoms with Crippen LogP contribution in [0.25, 0.3) is 11.0 Å². The number of carbonyl (C=O) groups is 2. The summed E-state index contributed by atoms with van der Waals surface area (Å²) in [6.07, 6.45) is 1.45. The number of amides is 2. The molecule has 1 N–H and O–H groups in total. The molecule has 1 fully saturated rings. The van der Waals surface area contributed by atoms with Crippen LogP contribution in [0, 0.1) is 0 Å². The van der Waals surface area contributed by atoms with Crippen LogP contribution in [0.4, 0.5) is 5.69 Å². The van der Waals surface area contributed by atoms with Crippen molar-refractivity contribution < 1.29 is 14.1 Å². The summed E-state index contributed by atoms with van der Waals surface area (Å²) in [4.78, 5) is 27.2. The molecule has 1 aliphatic rings. The lowest BCUT2D eigenvalue weighted by Gasteiger charge is -2.24. The molecule has 4 rings (SSSR count). The van der Waals surface area contributed by atoms with Crippen LogP contribution >= 0.6 is 23.2 Å². The number of aromatic nitrogens is 1. The third-order valence-corrected chi connectivity index (χ3v) is 5.38. The molecule has 8 heteroatoms. The minimum atomic E-state index is -0.544. The van der Waals surface area contributed by atoms with E-state index in [-0.39, 0.29) is 18.2 Å². The van der Waals surface area contributed by atoms with Crippen molar-refractivity contribution in [3.63, 3.8) is 0 Å². The van der Waals surface area contributed by atoms with E-state index in [0.29, 0.717) is 40.0 Å². The van der Waals surface area contributed by atoms with E-state index in [4.69, 9.17) is 27.7 Å². The molecular formula is C20H17Cl2N3O3. The first-order valence-electron chi connectivity index (χ1n) is 8.91. The van der Waals surface area contributed by atoms with Gasteiger partial charge in [-0.1, -0.05) is 40.5 Å². The maximum absolute atomic E-state index is 12.9. The largest absolute Gasteiger partial charge is 0.356 e. The highest BCUT2D eigenvalue weighted by Gasteiger charge is 2.34. The lowest BCUT2D eigenvalue weighted by Crippen LogP contribution is -2.43. The van der Waals surface area contributed by atoms with Gasteiger partial charge in [-0.2, -0.15) is 0 Å². The number of hydrogen-bond donors (Lipinski definition) is 1. The van der Waals surface area contributed by atoms with E-state index < -0.39 is 6.04 Å². The summed E-state index contributed by atoms with van der Waals surface area (Å²) in [5, 5.41) is 8.45. The van der Waals surface area contributed by atoms with E-state index in [0.717, 1.165) is 11.8 Å². The van der Waals surface area contributed by atoms with Crippen molar-refractivity contribution in [2.24, 2.45) is 0 Å². The number of fused-ring (bicyclic) bond motifs is 1. The molecule has 2 amide bonds. The van der Waals surface area contributed by atoms with E-state index in [1.807, 2.05) is 18.2 Å². The molecule has 1 aliphatic heterocycles. The van der Waals surface area contributed by atoms with E-state index >= 15 is 0 Å². The van der Waals surface area contributed by atoms with Gasteiger partial charge in [0.25, 0.3) is 0 Å². The third-order valence-electron chi connectivity index (χ3n) is 4.84. The molecule has 28 heavy (non-hydrogen) atoms. The molecule has 0 aliphatic carbocycles. The van der Waals surface area contributed by atoms with Gasteiger partial charge in [0, 0.05) is 17.0 Å². The van der Waals surface area contributed by atoms with Crippen LogP contribution in [-0.2, 0) is 16.0 Å². The SMILES string of the molecule is O=C(Nc1ccc(Cl)cc1Cl)C1CCCN1C(=O)Cc1noc2ccccc12. The molecule has 1 unspecified atom stereocenters. The van der Waals surface area contributed by atoms with E-state index in [1.54, 1.807) is 29.2 Å². The Morgan fingerprint density at radius 3 is 2.86 bits per heavy atom. The fourth-order valence-corrected chi connectivity index (χ4v) is 3.91. The fourth-order valence-electron chi connectivity index (χ4n) is 3.46. The summed E-state index contributed by atoms with van der Waals surface area (Å²) in [6.45, 7) is 0.529. The number of carbonyl (C=O) groups excluding carboxylic acids is 2. The van der Waals surface area contributed by atoms with Gasteiger partial charge in [0.15, 0.2) is 5.58 Å². The van der Waals surface area contributed by atoms with Gasteiger partial charge in [0.05, 0.1) is 17.1 Å². The van der Waals surface area contributed by atoms with Crippen molar-refractivity contribution in [3.8, 4) is 0 Å². The molecule has 2 aromatic carbocycles. The average Bonchev–Trinajstić information content (AvgIpc) is 3.32. The quantitative estimate of drug-likeness (QED) is 0.685. The molecule has 1 atom stereocenters. The minimum absolute atomic E-state index is 0.0858. The molecule has 0 radical (unpaired) electrons. The van der Waals surface area contributed by atoms with Crippen LogP contribution in [0.15, 0.2) is 47.0 Å². The maximum atomic E-state index is 12.9. The summed E-state index contributed by atoms with van der Waals surface area (Å²) in [7, 11) is 0. The Balaban J connectivity index is 1.48. The summed E-state index contributed by atoms with van der Waals surface area (Å²) in [5.41, 5.74) is 1.68. The van der Waals surface area contributed by atoms with Crippen LogP contribution in [0.5, 0.6) is 0 Å². The van der Waals surface area contributed by atoms with Crippen molar-refractivity contribution >= 4 is 51.7 Å². The smallest absolute Gasteiger partial charge is 0.247 e. The molecule has 1 aromatic heterocycles. The van der Waals surface area contributed by atoms with Gasteiger partial charge in [0.2, 0.25) is 11.8 Å². The zero-order chi connectivity index (χ0) is 19.7. The summed E-state index contributed by atoms with van der Waals surface area (Å²) >= 11 is 12.0. The number of benzene rings is 2. The lowest BCUT2D eigenvalue weighted by molar-refractivity contribution is -0.136. The second kappa shape index (κ2) is 7.81. The predicted octanol–water partition coefficient (Wildman–Crippen LogP) is 4.31. The van der Waals surface area contributed by atoms with Crippen LogP contribution in [-0.4, -0.2) is 34.5 Å². The van der Waals surface area contributed by atoms with Gasteiger partial charge in [-0.15, -0.1) is 0 Å². The molecule has 6 nitrogen and oxygen atoms in total.